The van der Waals surface area contributed by atoms with Gasteiger partial charge in [-0.15, -0.1) is 0 Å². The number of benzene rings is 1. The summed E-state index contributed by atoms with van der Waals surface area (Å²) < 4.78 is 5.69. The molecule has 1 aliphatic rings. The lowest BCUT2D eigenvalue weighted by Gasteiger charge is -2.54. The number of hydrogen-bond donors (Lipinski definition) is 1. The minimum Gasteiger partial charge on any atom is -0.378 e. The Morgan fingerprint density at radius 1 is 1.45 bits per heavy atom. The van der Waals surface area contributed by atoms with Crippen LogP contribution in [-0.4, -0.2) is 36.7 Å². The van der Waals surface area contributed by atoms with Crippen molar-refractivity contribution >= 4 is 11.6 Å². The van der Waals surface area contributed by atoms with Gasteiger partial charge in [0.2, 0.25) is 0 Å². The van der Waals surface area contributed by atoms with Gasteiger partial charge in [0.1, 0.15) is 0 Å². The van der Waals surface area contributed by atoms with E-state index in [0.29, 0.717) is 12.6 Å². The molecular weight excluding hydrogens is 272 g/mol. The second kappa shape index (κ2) is 6.44. The van der Waals surface area contributed by atoms with Crippen LogP contribution in [0.4, 0.5) is 0 Å². The molecule has 0 aromatic heterocycles. The summed E-state index contributed by atoms with van der Waals surface area (Å²) in [7, 11) is 2.14. The fourth-order valence-corrected chi connectivity index (χ4v) is 3.47. The zero-order valence-electron chi connectivity index (χ0n) is 12.6. The van der Waals surface area contributed by atoms with Crippen LogP contribution in [0.25, 0.3) is 0 Å². The van der Waals surface area contributed by atoms with Gasteiger partial charge in [-0.25, -0.2) is 0 Å². The van der Waals surface area contributed by atoms with Gasteiger partial charge in [0.25, 0.3) is 0 Å². The van der Waals surface area contributed by atoms with Gasteiger partial charge in [0.15, 0.2) is 0 Å². The number of halogens is 1. The normalized spacial score (nSPS) is 27.4. The zero-order chi connectivity index (χ0) is 14.8. The largest absolute Gasteiger partial charge is 0.378 e. The lowest BCUT2D eigenvalue weighted by Crippen LogP contribution is -2.63. The van der Waals surface area contributed by atoms with E-state index in [-0.39, 0.29) is 11.6 Å². The second-order valence-corrected chi connectivity index (χ2v) is 6.13. The van der Waals surface area contributed by atoms with Crippen LogP contribution in [0.2, 0.25) is 5.02 Å². The van der Waals surface area contributed by atoms with Gasteiger partial charge in [0, 0.05) is 29.8 Å². The first-order valence-electron chi connectivity index (χ1n) is 7.33. The molecule has 0 aliphatic heterocycles. The molecule has 20 heavy (non-hydrogen) atoms. The summed E-state index contributed by atoms with van der Waals surface area (Å²) in [4.78, 5) is 2.36. The molecule has 1 unspecified atom stereocenters. The molecular formula is C16H25ClN2O. The summed E-state index contributed by atoms with van der Waals surface area (Å²) in [5.41, 5.74) is 7.25. The van der Waals surface area contributed by atoms with Gasteiger partial charge in [-0.3, -0.25) is 4.90 Å². The molecule has 0 spiro atoms. The van der Waals surface area contributed by atoms with Gasteiger partial charge in [0.05, 0.1) is 6.10 Å². The molecule has 1 aromatic carbocycles. The van der Waals surface area contributed by atoms with Crippen molar-refractivity contribution in [2.45, 2.75) is 44.4 Å². The molecule has 1 atom stereocenters. The highest BCUT2D eigenvalue weighted by molar-refractivity contribution is 6.31. The smallest absolute Gasteiger partial charge is 0.0611 e. The van der Waals surface area contributed by atoms with E-state index >= 15 is 0 Å². The van der Waals surface area contributed by atoms with Crippen molar-refractivity contribution < 1.29 is 4.74 Å². The van der Waals surface area contributed by atoms with Crippen LogP contribution in [0.5, 0.6) is 0 Å². The Kier molecular flexibility index (Phi) is 5.08. The average molecular weight is 297 g/mol. The first-order chi connectivity index (χ1) is 9.54. The maximum Gasteiger partial charge on any atom is 0.0611 e. The monoisotopic (exact) mass is 296 g/mol. The van der Waals surface area contributed by atoms with Gasteiger partial charge in [-0.2, -0.15) is 0 Å². The van der Waals surface area contributed by atoms with Crippen molar-refractivity contribution in [1.29, 1.82) is 0 Å². The molecule has 1 saturated carbocycles. The molecule has 2 rings (SSSR count). The Hall–Kier alpha value is -0.610. The predicted octanol–water partition coefficient (Wildman–Crippen LogP) is 3.23. The van der Waals surface area contributed by atoms with Crippen LogP contribution in [0.3, 0.4) is 0 Å². The summed E-state index contributed by atoms with van der Waals surface area (Å²) in [5.74, 6) is 0. The van der Waals surface area contributed by atoms with Gasteiger partial charge >= 0.3 is 0 Å². The third kappa shape index (κ3) is 2.86. The molecule has 1 aliphatic carbocycles. The van der Waals surface area contributed by atoms with Crippen LogP contribution < -0.4 is 5.73 Å². The SMILES string of the molecule is CCOC1CC(CN)(N(C)C(C)c2ccccc2Cl)C1. The highest BCUT2D eigenvalue weighted by Gasteiger charge is 2.48. The third-order valence-electron chi connectivity index (χ3n) is 4.68. The number of hydrogen-bond acceptors (Lipinski definition) is 3. The molecule has 0 bridgehead atoms. The summed E-state index contributed by atoms with van der Waals surface area (Å²) in [6.07, 6.45) is 2.36. The van der Waals surface area contributed by atoms with Crippen molar-refractivity contribution in [3.05, 3.63) is 34.9 Å². The van der Waals surface area contributed by atoms with E-state index in [9.17, 15) is 0 Å². The molecule has 1 aromatic rings. The molecule has 0 amide bonds. The van der Waals surface area contributed by atoms with E-state index in [4.69, 9.17) is 22.1 Å². The van der Waals surface area contributed by atoms with Crippen molar-refractivity contribution in [1.82, 2.24) is 4.90 Å². The highest BCUT2D eigenvalue weighted by Crippen LogP contribution is 2.42. The average Bonchev–Trinajstić information content (AvgIpc) is 2.41. The summed E-state index contributed by atoms with van der Waals surface area (Å²) in [5, 5.41) is 0.819. The van der Waals surface area contributed by atoms with Crippen molar-refractivity contribution in [3.63, 3.8) is 0 Å². The predicted molar refractivity (Wildman–Crippen MR) is 84.1 cm³/mol. The Morgan fingerprint density at radius 3 is 2.65 bits per heavy atom. The number of likely N-dealkylation sites (N-methyl/N-ethyl adjacent to an activating group) is 1. The van der Waals surface area contributed by atoms with E-state index in [1.807, 2.05) is 25.1 Å². The van der Waals surface area contributed by atoms with Crippen LogP contribution in [-0.2, 0) is 4.74 Å². The minimum absolute atomic E-state index is 0.0401. The lowest BCUT2D eigenvalue weighted by atomic mass is 9.72. The standard InChI is InChI=1S/C16H25ClN2O/c1-4-20-13-9-16(10-13,11-18)19(3)12(2)14-7-5-6-8-15(14)17/h5-8,12-13H,4,9-11,18H2,1-3H3. The Bertz CT molecular complexity index is 446. The maximum atomic E-state index is 6.31. The zero-order valence-corrected chi connectivity index (χ0v) is 13.4. The molecule has 1 fully saturated rings. The van der Waals surface area contributed by atoms with Crippen LogP contribution in [0.1, 0.15) is 38.3 Å². The molecule has 0 saturated heterocycles. The molecule has 2 N–H and O–H groups in total. The highest BCUT2D eigenvalue weighted by atomic mass is 35.5. The Morgan fingerprint density at radius 2 is 2.10 bits per heavy atom. The second-order valence-electron chi connectivity index (χ2n) is 5.72. The molecule has 3 nitrogen and oxygen atoms in total. The number of rotatable bonds is 6. The number of nitrogens with zero attached hydrogens (tertiary/aromatic N) is 1. The quantitative estimate of drug-likeness (QED) is 0.876. The molecule has 112 valence electrons. The lowest BCUT2D eigenvalue weighted by molar-refractivity contribution is -0.103. The van der Waals surface area contributed by atoms with E-state index in [2.05, 4.69) is 24.9 Å². The molecule has 0 heterocycles. The Labute approximate surface area is 127 Å². The van der Waals surface area contributed by atoms with E-state index in [1.165, 1.54) is 0 Å². The van der Waals surface area contributed by atoms with Gasteiger partial charge < -0.3 is 10.5 Å². The van der Waals surface area contributed by atoms with Crippen molar-refractivity contribution in [2.24, 2.45) is 5.73 Å². The van der Waals surface area contributed by atoms with Gasteiger partial charge in [-0.1, -0.05) is 29.8 Å². The minimum atomic E-state index is 0.0401. The van der Waals surface area contributed by atoms with Crippen LogP contribution in [0.15, 0.2) is 24.3 Å². The Balaban J connectivity index is 2.10. The topological polar surface area (TPSA) is 38.5 Å². The van der Waals surface area contributed by atoms with E-state index in [1.54, 1.807) is 0 Å². The summed E-state index contributed by atoms with van der Waals surface area (Å²) in [6, 6.07) is 8.28. The molecule has 4 heteroatoms. The third-order valence-corrected chi connectivity index (χ3v) is 5.03. The van der Waals surface area contributed by atoms with Crippen LogP contribution >= 0.6 is 11.6 Å². The van der Waals surface area contributed by atoms with Crippen molar-refractivity contribution in [3.8, 4) is 0 Å². The molecule has 0 radical (unpaired) electrons. The summed E-state index contributed by atoms with van der Waals surface area (Å²) >= 11 is 6.31. The van der Waals surface area contributed by atoms with E-state index in [0.717, 1.165) is 30.0 Å². The number of nitrogens with two attached hydrogens (primary N) is 1. The first kappa shape index (κ1) is 15.8. The first-order valence-corrected chi connectivity index (χ1v) is 7.71. The van der Waals surface area contributed by atoms with Crippen molar-refractivity contribution in [2.75, 3.05) is 20.2 Å². The summed E-state index contributed by atoms with van der Waals surface area (Å²) in [6.45, 7) is 5.65. The maximum absolute atomic E-state index is 6.31. The van der Waals surface area contributed by atoms with Gasteiger partial charge in [-0.05, 0) is 45.4 Å². The number of ether oxygens (including phenoxy) is 1. The fourth-order valence-electron chi connectivity index (χ4n) is 3.17. The fraction of sp³-hybridized carbons (Fsp3) is 0.625. The van der Waals surface area contributed by atoms with Crippen LogP contribution in [0, 0.1) is 0 Å². The van der Waals surface area contributed by atoms with E-state index < -0.39 is 0 Å².